The number of fused-ring (bicyclic) bond motifs is 3. The number of ether oxygens (including phenoxy) is 3. The van der Waals surface area contributed by atoms with Crippen molar-refractivity contribution >= 4 is 0 Å². The van der Waals surface area contributed by atoms with Crippen LogP contribution >= 0.6 is 0 Å². The van der Waals surface area contributed by atoms with Crippen molar-refractivity contribution in [1.82, 2.24) is 0 Å². The first kappa shape index (κ1) is 9.40. The molecule has 3 fully saturated rings. The van der Waals surface area contributed by atoms with E-state index in [1.807, 2.05) is 6.92 Å². The van der Waals surface area contributed by atoms with Gasteiger partial charge in [0.05, 0.1) is 19.8 Å². The molecule has 0 atom stereocenters. The monoisotopic (exact) mass is 188 g/mol. The summed E-state index contributed by atoms with van der Waals surface area (Å²) in [6, 6.07) is 0. The van der Waals surface area contributed by atoms with Gasteiger partial charge in [-0.2, -0.15) is 0 Å². The van der Waals surface area contributed by atoms with Crippen molar-refractivity contribution in [3.05, 3.63) is 0 Å². The van der Waals surface area contributed by atoms with Gasteiger partial charge < -0.3 is 19.3 Å². The van der Waals surface area contributed by atoms with Gasteiger partial charge in [-0.1, -0.05) is 6.92 Å². The van der Waals surface area contributed by atoms with Gasteiger partial charge in [-0.05, 0) is 13.8 Å². The molecule has 0 unspecified atom stereocenters. The molecule has 2 bridgehead atoms. The summed E-state index contributed by atoms with van der Waals surface area (Å²) < 4.78 is 16.3. The highest BCUT2D eigenvalue weighted by atomic mass is 16.9. The molecular weight excluding hydrogens is 172 g/mol. The molecule has 4 heteroatoms. The molecule has 13 heavy (non-hydrogen) atoms. The second-order valence-corrected chi connectivity index (χ2v) is 4.79. The average molecular weight is 188 g/mol. The normalized spacial score (nSPS) is 45.2. The topological polar surface area (TPSA) is 47.9 Å². The molecule has 3 rings (SSSR count). The summed E-state index contributed by atoms with van der Waals surface area (Å²) in [5.41, 5.74) is -1.18. The van der Waals surface area contributed by atoms with Crippen LogP contribution in [0.2, 0.25) is 0 Å². The van der Waals surface area contributed by atoms with Crippen molar-refractivity contribution in [2.75, 3.05) is 19.8 Å². The van der Waals surface area contributed by atoms with Crippen LogP contribution in [0.3, 0.4) is 0 Å². The summed E-state index contributed by atoms with van der Waals surface area (Å²) in [5, 5.41) is 9.83. The van der Waals surface area contributed by atoms with E-state index >= 15 is 0 Å². The molecule has 76 valence electrons. The lowest BCUT2D eigenvalue weighted by atomic mass is 9.90. The van der Waals surface area contributed by atoms with Crippen molar-refractivity contribution in [3.8, 4) is 0 Å². The Morgan fingerprint density at radius 2 is 1.46 bits per heavy atom. The molecule has 0 radical (unpaired) electrons. The van der Waals surface area contributed by atoms with Crippen LogP contribution in [0.15, 0.2) is 0 Å². The van der Waals surface area contributed by atoms with Gasteiger partial charge in [0.2, 0.25) is 0 Å². The van der Waals surface area contributed by atoms with E-state index in [9.17, 15) is 5.11 Å². The van der Waals surface area contributed by atoms with Crippen LogP contribution in [0.1, 0.15) is 20.8 Å². The number of hydrogen-bond donors (Lipinski definition) is 1. The molecule has 3 aliphatic heterocycles. The molecule has 0 aromatic carbocycles. The molecule has 1 N–H and O–H groups in total. The van der Waals surface area contributed by atoms with Crippen LogP contribution in [-0.2, 0) is 14.2 Å². The molecule has 0 aromatic rings. The van der Waals surface area contributed by atoms with Crippen molar-refractivity contribution in [2.45, 2.75) is 32.3 Å². The van der Waals surface area contributed by atoms with Crippen LogP contribution in [0.5, 0.6) is 0 Å². The predicted octanol–water partition coefficient (Wildman–Crippen LogP) is 0.494. The Kier molecular flexibility index (Phi) is 1.77. The SMILES string of the molecule is CC12COC(C(C)(C)O)(OC1)OC2. The smallest absolute Gasteiger partial charge is 0.313 e. The molecule has 0 amide bonds. The average Bonchev–Trinajstić information content (AvgIpc) is 2.04. The maximum Gasteiger partial charge on any atom is 0.313 e. The highest BCUT2D eigenvalue weighted by Crippen LogP contribution is 2.43. The van der Waals surface area contributed by atoms with E-state index in [1.54, 1.807) is 13.8 Å². The molecule has 0 spiro atoms. The zero-order valence-corrected chi connectivity index (χ0v) is 8.29. The summed E-state index contributed by atoms with van der Waals surface area (Å²) in [7, 11) is 0. The molecular formula is C9H16O4. The minimum absolute atomic E-state index is 0.0486. The number of rotatable bonds is 1. The Morgan fingerprint density at radius 3 is 1.77 bits per heavy atom. The van der Waals surface area contributed by atoms with Gasteiger partial charge in [-0.25, -0.2) is 0 Å². The van der Waals surface area contributed by atoms with Crippen molar-refractivity contribution in [3.63, 3.8) is 0 Å². The van der Waals surface area contributed by atoms with Gasteiger partial charge in [-0.3, -0.25) is 0 Å². The number of hydrogen-bond acceptors (Lipinski definition) is 4. The third kappa shape index (κ3) is 1.29. The van der Waals surface area contributed by atoms with E-state index in [2.05, 4.69) is 0 Å². The van der Waals surface area contributed by atoms with Crippen LogP contribution in [0.4, 0.5) is 0 Å². The third-order valence-electron chi connectivity index (χ3n) is 2.58. The Labute approximate surface area is 77.8 Å². The third-order valence-corrected chi connectivity index (χ3v) is 2.58. The highest BCUT2D eigenvalue weighted by molar-refractivity contribution is 4.91. The first-order chi connectivity index (χ1) is 5.87. The van der Waals surface area contributed by atoms with Gasteiger partial charge >= 0.3 is 5.97 Å². The van der Waals surface area contributed by atoms with Crippen molar-refractivity contribution < 1.29 is 19.3 Å². The minimum Gasteiger partial charge on any atom is -0.382 e. The van der Waals surface area contributed by atoms with Gasteiger partial charge in [0.25, 0.3) is 0 Å². The predicted molar refractivity (Wildman–Crippen MR) is 45.0 cm³/mol. The van der Waals surface area contributed by atoms with Crippen molar-refractivity contribution in [2.24, 2.45) is 5.41 Å². The summed E-state index contributed by atoms with van der Waals surface area (Å²) in [6.07, 6.45) is 0. The molecule has 3 saturated heterocycles. The zero-order chi connectivity index (χ0) is 9.74. The molecule has 0 aliphatic carbocycles. The number of aliphatic hydroxyl groups is 1. The Hall–Kier alpha value is -0.160. The summed E-state index contributed by atoms with van der Waals surface area (Å²) >= 11 is 0. The largest absolute Gasteiger partial charge is 0.382 e. The van der Waals surface area contributed by atoms with E-state index in [0.717, 1.165) is 0 Å². The minimum atomic E-state index is -1.25. The van der Waals surface area contributed by atoms with E-state index in [0.29, 0.717) is 19.8 Å². The molecule has 3 heterocycles. The summed E-state index contributed by atoms with van der Waals surface area (Å²) in [5.74, 6) is -1.25. The molecule has 4 nitrogen and oxygen atoms in total. The van der Waals surface area contributed by atoms with Crippen LogP contribution in [-0.4, -0.2) is 36.5 Å². The van der Waals surface area contributed by atoms with E-state index in [1.165, 1.54) is 0 Å². The van der Waals surface area contributed by atoms with E-state index < -0.39 is 11.6 Å². The Balaban J connectivity index is 2.20. The molecule has 0 saturated carbocycles. The van der Waals surface area contributed by atoms with Gasteiger partial charge in [0, 0.05) is 5.41 Å². The standard InChI is InChI=1S/C9H16O4/c1-7(2,10)9-11-4-8(3,5-12-9)6-13-9/h10H,4-6H2,1-3H3. The lowest BCUT2D eigenvalue weighted by Gasteiger charge is -2.54. The molecule has 3 aliphatic rings. The van der Waals surface area contributed by atoms with E-state index in [-0.39, 0.29) is 5.41 Å². The first-order valence-electron chi connectivity index (χ1n) is 4.51. The lowest BCUT2D eigenvalue weighted by Crippen LogP contribution is -2.67. The second-order valence-electron chi connectivity index (χ2n) is 4.79. The molecule has 0 aromatic heterocycles. The summed E-state index contributed by atoms with van der Waals surface area (Å²) in [6.45, 7) is 7.04. The van der Waals surface area contributed by atoms with Crippen LogP contribution in [0.25, 0.3) is 0 Å². The van der Waals surface area contributed by atoms with Crippen LogP contribution in [0, 0.1) is 5.41 Å². The Bertz CT molecular complexity index is 194. The maximum atomic E-state index is 9.83. The zero-order valence-electron chi connectivity index (χ0n) is 8.29. The first-order valence-corrected chi connectivity index (χ1v) is 4.51. The van der Waals surface area contributed by atoms with Gasteiger partial charge in [0.1, 0.15) is 5.60 Å². The highest BCUT2D eigenvalue weighted by Gasteiger charge is 2.58. The van der Waals surface area contributed by atoms with E-state index in [4.69, 9.17) is 14.2 Å². The second kappa shape index (κ2) is 2.45. The Morgan fingerprint density at radius 1 is 1.08 bits per heavy atom. The van der Waals surface area contributed by atoms with Gasteiger partial charge in [0.15, 0.2) is 0 Å². The maximum absolute atomic E-state index is 9.83. The lowest BCUT2D eigenvalue weighted by molar-refractivity contribution is -0.504. The fraction of sp³-hybridized carbons (Fsp3) is 1.00. The fourth-order valence-corrected chi connectivity index (χ4v) is 1.59. The van der Waals surface area contributed by atoms with Gasteiger partial charge in [-0.15, -0.1) is 0 Å². The summed E-state index contributed by atoms with van der Waals surface area (Å²) in [4.78, 5) is 0. The van der Waals surface area contributed by atoms with Crippen molar-refractivity contribution in [1.29, 1.82) is 0 Å². The van der Waals surface area contributed by atoms with Crippen LogP contribution < -0.4 is 0 Å². The quantitative estimate of drug-likeness (QED) is 0.650. The fourth-order valence-electron chi connectivity index (χ4n) is 1.59.